The molecule has 5 nitrogen and oxygen atoms in total. The molecule has 1 amide bonds. The normalized spacial score (nSPS) is 16.1. The van der Waals surface area contributed by atoms with Gasteiger partial charge in [0, 0.05) is 12.1 Å². The number of ether oxygens (including phenoxy) is 2. The van der Waals surface area contributed by atoms with Crippen molar-refractivity contribution in [2.75, 3.05) is 20.3 Å². The maximum atomic E-state index is 12.0. The highest BCUT2D eigenvalue weighted by Crippen LogP contribution is 2.27. The Hall–Kier alpha value is -2.06. The Morgan fingerprint density at radius 3 is 2.84 bits per heavy atom. The molecule has 0 spiro atoms. The monoisotopic (exact) mass is 260 g/mol. The zero-order valence-corrected chi connectivity index (χ0v) is 11.0. The largest absolute Gasteiger partial charge is 0.496 e. The van der Waals surface area contributed by atoms with Gasteiger partial charge in [0.05, 0.1) is 26.4 Å². The van der Waals surface area contributed by atoms with Crippen molar-refractivity contribution < 1.29 is 14.3 Å². The number of nitrogens with one attached hydrogen (secondary N) is 1. The Labute approximate surface area is 112 Å². The van der Waals surface area contributed by atoms with Gasteiger partial charge in [-0.1, -0.05) is 17.7 Å². The summed E-state index contributed by atoms with van der Waals surface area (Å²) in [5, 5.41) is 11.8. The molecule has 1 fully saturated rings. The molecular formula is C14H16N2O3. The van der Waals surface area contributed by atoms with Crippen LogP contribution in [0.25, 0.3) is 0 Å². The van der Waals surface area contributed by atoms with Gasteiger partial charge in [-0.2, -0.15) is 5.26 Å². The quantitative estimate of drug-likeness (QED) is 0.881. The fourth-order valence-electron chi connectivity index (χ4n) is 1.94. The van der Waals surface area contributed by atoms with Gasteiger partial charge in [0.15, 0.2) is 5.41 Å². The fourth-order valence-corrected chi connectivity index (χ4v) is 1.94. The van der Waals surface area contributed by atoms with Crippen LogP contribution >= 0.6 is 0 Å². The van der Waals surface area contributed by atoms with Crippen molar-refractivity contribution in [1.82, 2.24) is 5.32 Å². The van der Waals surface area contributed by atoms with Crippen LogP contribution in [0.3, 0.4) is 0 Å². The number of carbonyl (C=O) groups excluding carboxylic acids is 1. The van der Waals surface area contributed by atoms with E-state index in [9.17, 15) is 4.79 Å². The highest BCUT2D eigenvalue weighted by atomic mass is 16.5. The number of rotatable bonds is 4. The van der Waals surface area contributed by atoms with E-state index < -0.39 is 5.41 Å². The number of hydrogen-bond donors (Lipinski definition) is 1. The van der Waals surface area contributed by atoms with Crippen LogP contribution in [0.1, 0.15) is 11.1 Å². The predicted molar refractivity (Wildman–Crippen MR) is 68.4 cm³/mol. The molecule has 5 heteroatoms. The minimum absolute atomic E-state index is 0.167. The summed E-state index contributed by atoms with van der Waals surface area (Å²) in [6.07, 6.45) is 0. The number of aryl methyl sites for hydroxylation is 1. The summed E-state index contributed by atoms with van der Waals surface area (Å²) in [6.45, 7) is 2.65. The van der Waals surface area contributed by atoms with Crippen molar-refractivity contribution in [3.63, 3.8) is 0 Å². The first kappa shape index (κ1) is 13.4. The lowest BCUT2D eigenvalue weighted by molar-refractivity contribution is -0.150. The van der Waals surface area contributed by atoms with Crippen LogP contribution in [0, 0.1) is 23.7 Å². The molecule has 1 aromatic rings. The molecule has 100 valence electrons. The second-order valence-corrected chi connectivity index (χ2v) is 4.68. The predicted octanol–water partition coefficient (Wildman–Crippen LogP) is 1.16. The summed E-state index contributed by atoms with van der Waals surface area (Å²) < 4.78 is 10.2. The van der Waals surface area contributed by atoms with Gasteiger partial charge in [-0.05, 0) is 13.0 Å². The van der Waals surface area contributed by atoms with E-state index in [-0.39, 0.29) is 19.1 Å². The highest BCUT2D eigenvalue weighted by Gasteiger charge is 2.46. The van der Waals surface area contributed by atoms with Gasteiger partial charge in [0.1, 0.15) is 5.75 Å². The van der Waals surface area contributed by atoms with Gasteiger partial charge < -0.3 is 14.8 Å². The average molecular weight is 260 g/mol. The van der Waals surface area contributed by atoms with E-state index in [0.717, 1.165) is 16.9 Å². The van der Waals surface area contributed by atoms with E-state index in [1.54, 1.807) is 7.11 Å². The molecule has 1 N–H and O–H groups in total. The van der Waals surface area contributed by atoms with Gasteiger partial charge in [-0.15, -0.1) is 0 Å². The van der Waals surface area contributed by atoms with Crippen LogP contribution in [-0.2, 0) is 16.1 Å². The molecule has 1 aliphatic rings. The number of amides is 1. The van der Waals surface area contributed by atoms with Gasteiger partial charge >= 0.3 is 0 Å². The maximum absolute atomic E-state index is 12.0. The van der Waals surface area contributed by atoms with Gasteiger partial charge in [0.2, 0.25) is 5.91 Å². The molecule has 1 aliphatic heterocycles. The number of benzene rings is 1. The Balaban J connectivity index is 2.05. The second-order valence-electron chi connectivity index (χ2n) is 4.68. The molecule has 2 rings (SSSR count). The van der Waals surface area contributed by atoms with Crippen molar-refractivity contribution in [3.05, 3.63) is 29.3 Å². The van der Waals surface area contributed by atoms with E-state index in [2.05, 4.69) is 5.32 Å². The zero-order valence-electron chi connectivity index (χ0n) is 11.0. The number of carbonyl (C=O) groups is 1. The second kappa shape index (κ2) is 5.29. The molecule has 0 saturated carbocycles. The Bertz CT molecular complexity index is 530. The molecule has 0 aromatic heterocycles. The standard InChI is InChI=1S/C14H16N2O3/c1-10-3-4-12(18-2)11(5-10)6-16-13(17)14(7-15)8-19-9-14/h3-5H,6,8-9H2,1-2H3,(H,16,17). The number of methoxy groups -OCH3 is 1. The number of nitriles is 1. The third kappa shape index (κ3) is 2.54. The van der Waals surface area contributed by atoms with Gasteiger partial charge in [-0.3, -0.25) is 4.79 Å². The van der Waals surface area contributed by atoms with E-state index in [1.807, 2.05) is 31.2 Å². The molecule has 0 radical (unpaired) electrons. The number of nitrogens with zero attached hydrogens (tertiary/aromatic N) is 1. The topological polar surface area (TPSA) is 71.3 Å². The molecule has 1 saturated heterocycles. The van der Waals surface area contributed by atoms with E-state index >= 15 is 0 Å². The van der Waals surface area contributed by atoms with E-state index in [4.69, 9.17) is 14.7 Å². The molecule has 0 unspecified atom stereocenters. The number of hydrogen-bond acceptors (Lipinski definition) is 4. The third-order valence-corrected chi connectivity index (χ3v) is 3.22. The highest BCUT2D eigenvalue weighted by molar-refractivity contribution is 5.86. The van der Waals surface area contributed by atoms with E-state index in [0.29, 0.717) is 6.54 Å². The molecule has 0 bridgehead atoms. The molecule has 19 heavy (non-hydrogen) atoms. The summed E-state index contributed by atoms with van der Waals surface area (Å²) in [5.41, 5.74) is 0.966. The van der Waals surface area contributed by atoms with E-state index in [1.165, 1.54) is 0 Å². The van der Waals surface area contributed by atoms with Crippen molar-refractivity contribution in [1.29, 1.82) is 5.26 Å². The van der Waals surface area contributed by atoms with Crippen LogP contribution in [-0.4, -0.2) is 26.2 Å². The molecule has 1 aromatic carbocycles. The van der Waals surface area contributed by atoms with Crippen molar-refractivity contribution in [2.45, 2.75) is 13.5 Å². The Morgan fingerprint density at radius 1 is 1.58 bits per heavy atom. The van der Waals surface area contributed by atoms with Crippen LogP contribution < -0.4 is 10.1 Å². The summed E-state index contributed by atoms with van der Waals surface area (Å²) in [4.78, 5) is 12.0. The lowest BCUT2D eigenvalue weighted by Crippen LogP contribution is -2.52. The first-order chi connectivity index (χ1) is 9.11. The van der Waals surface area contributed by atoms with Crippen molar-refractivity contribution >= 4 is 5.91 Å². The lowest BCUT2D eigenvalue weighted by atomic mass is 9.87. The van der Waals surface area contributed by atoms with Gasteiger partial charge in [0.25, 0.3) is 0 Å². The SMILES string of the molecule is COc1ccc(C)cc1CNC(=O)C1(C#N)COC1. The van der Waals surface area contributed by atoms with Crippen molar-refractivity contribution in [2.24, 2.45) is 5.41 Å². The van der Waals surface area contributed by atoms with Crippen LogP contribution in [0.15, 0.2) is 18.2 Å². The first-order valence-electron chi connectivity index (χ1n) is 6.02. The summed E-state index contributed by atoms with van der Waals surface area (Å²) in [6, 6.07) is 7.79. The minimum Gasteiger partial charge on any atom is -0.496 e. The maximum Gasteiger partial charge on any atom is 0.245 e. The summed E-state index contributed by atoms with van der Waals surface area (Å²) in [5.74, 6) is 0.437. The average Bonchev–Trinajstić information content (AvgIpc) is 2.36. The van der Waals surface area contributed by atoms with Crippen LogP contribution in [0.5, 0.6) is 5.75 Å². The zero-order chi connectivity index (χ0) is 13.9. The smallest absolute Gasteiger partial charge is 0.245 e. The Kier molecular flexibility index (Phi) is 3.72. The summed E-state index contributed by atoms with van der Waals surface area (Å²) in [7, 11) is 1.59. The minimum atomic E-state index is -1.02. The lowest BCUT2D eigenvalue weighted by Gasteiger charge is -2.33. The summed E-state index contributed by atoms with van der Waals surface area (Å²) >= 11 is 0. The first-order valence-corrected chi connectivity index (χ1v) is 6.02. The van der Waals surface area contributed by atoms with Crippen LogP contribution in [0.2, 0.25) is 0 Å². The van der Waals surface area contributed by atoms with Crippen LogP contribution in [0.4, 0.5) is 0 Å². The molecular weight excluding hydrogens is 244 g/mol. The van der Waals surface area contributed by atoms with Crippen molar-refractivity contribution in [3.8, 4) is 11.8 Å². The third-order valence-electron chi connectivity index (χ3n) is 3.22. The Morgan fingerprint density at radius 2 is 2.32 bits per heavy atom. The van der Waals surface area contributed by atoms with Gasteiger partial charge in [-0.25, -0.2) is 0 Å². The molecule has 1 heterocycles. The molecule has 0 atom stereocenters. The fraction of sp³-hybridized carbons (Fsp3) is 0.429. The molecule has 0 aliphatic carbocycles.